The number of aliphatic hydroxyl groups is 2. The van der Waals surface area contributed by atoms with Gasteiger partial charge in [-0.2, -0.15) is 0 Å². The molecule has 0 spiro atoms. The third kappa shape index (κ3) is 4.86. The van der Waals surface area contributed by atoms with Crippen LogP contribution in [0.2, 0.25) is 0 Å². The Labute approximate surface area is 184 Å². The van der Waals surface area contributed by atoms with Crippen LogP contribution in [0.25, 0.3) is 0 Å². The molecule has 2 unspecified atom stereocenters. The van der Waals surface area contributed by atoms with Crippen molar-refractivity contribution in [2.45, 2.75) is 91.8 Å². The molecule has 3 aliphatic rings. The Hall–Kier alpha value is -1.12. The van der Waals surface area contributed by atoms with E-state index in [-0.39, 0.29) is 0 Å². The summed E-state index contributed by atoms with van der Waals surface area (Å²) in [5.41, 5.74) is 3.77. The summed E-state index contributed by atoms with van der Waals surface area (Å²) in [6.45, 7) is 16.0. The zero-order chi connectivity index (χ0) is 22.1. The number of allylic oxidation sites excluding steroid dienone is 5. The van der Waals surface area contributed by atoms with E-state index in [1.54, 1.807) is 5.57 Å². The van der Waals surface area contributed by atoms with Gasteiger partial charge >= 0.3 is 0 Å². The van der Waals surface area contributed by atoms with Gasteiger partial charge in [-0.3, -0.25) is 0 Å². The number of aliphatic hydroxyl groups excluding tert-OH is 2. The molecule has 2 heteroatoms. The molecule has 0 aromatic carbocycles. The van der Waals surface area contributed by atoms with E-state index in [0.717, 1.165) is 17.1 Å². The van der Waals surface area contributed by atoms with E-state index in [9.17, 15) is 10.2 Å². The molecule has 0 aliphatic heterocycles. The summed E-state index contributed by atoms with van der Waals surface area (Å²) < 4.78 is 0. The summed E-state index contributed by atoms with van der Waals surface area (Å²) >= 11 is 0. The van der Waals surface area contributed by atoms with Gasteiger partial charge in [-0.15, -0.1) is 0 Å². The van der Waals surface area contributed by atoms with E-state index >= 15 is 0 Å². The van der Waals surface area contributed by atoms with Gasteiger partial charge in [0.2, 0.25) is 0 Å². The minimum Gasteiger partial charge on any atom is -0.393 e. The lowest BCUT2D eigenvalue weighted by Crippen LogP contribution is -2.35. The molecule has 7 atom stereocenters. The highest BCUT2D eigenvalue weighted by molar-refractivity contribution is 5.38. The smallest absolute Gasteiger partial charge is 0.0811 e. The normalized spacial score (nSPS) is 39.8. The summed E-state index contributed by atoms with van der Waals surface area (Å²) in [5, 5.41) is 20.2. The third-order valence-electron chi connectivity index (χ3n) is 8.71. The van der Waals surface area contributed by atoms with Crippen LogP contribution < -0.4 is 0 Å². The molecule has 2 N–H and O–H groups in total. The SMILES string of the molecule is C=C1/C(=C\C=C2/CCC[C@]3(C)[C@@H](C(C)/C=C/C(C)C(C)C)CC[C@@H]23)C[C@@H](O)C[C@@H]1O. The first-order valence-electron chi connectivity index (χ1n) is 12.3. The van der Waals surface area contributed by atoms with Crippen LogP contribution >= 0.6 is 0 Å². The Bertz CT molecular complexity index is 712. The highest BCUT2D eigenvalue weighted by Crippen LogP contribution is 2.59. The van der Waals surface area contributed by atoms with Gasteiger partial charge in [0, 0.05) is 6.42 Å². The van der Waals surface area contributed by atoms with Crippen molar-refractivity contribution >= 4 is 0 Å². The van der Waals surface area contributed by atoms with Gasteiger partial charge in [0.05, 0.1) is 12.2 Å². The molecule has 3 fully saturated rings. The Morgan fingerprint density at radius 3 is 2.50 bits per heavy atom. The van der Waals surface area contributed by atoms with Gasteiger partial charge < -0.3 is 10.2 Å². The lowest BCUT2D eigenvalue weighted by atomic mass is 9.61. The molecular formula is C28H44O2. The fraction of sp³-hybridized carbons (Fsp3) is 0.714. The summed E-state index contributed by atoms with van der Waals surface area (Å²) in [4.78, 5) is 0. The van der Waals surface area contributed by atoms with Gasteiger partial charge in [-0.25, -0.2) is 0 Å². The molecule has 0 amide bonds. The Morgan fingerprint density at radius 1 is 1.07 bits per heavy atom. The molecule has 0 aromatic heterocycles. The zero-order valence-electron chi connectivity index (χ0n) is 19.9. The first-order valence-corrected chi connectivity index (χ1v) is 12.3. The number of rotatable bonds is 5. The second kappa shape index (κ2) is 9.57. The molecule has 3 aliphatic carbocycles. The highest BCUT2D eigenvalue weighted by Gasteiger charge is 2.50. The maximum Gasteiger partial charge on any atom is 0.0811 e. The Balaban J connectivity index is 1.76. The van der Waals surface area contributed by atoms with Crippen LogP contribution in [-0.2, 0) is 0 Å². The maximum absolute atomic E-state index is 10.1. The average molecular weight is 413 g/mol. The van der Waals surface area contributed by atoms with Crippen LogP contribution in [0.3, 0.4) is 0 Å². The Kier molecular flexibility index (Phi) is 7.51. The van der Waals surface area contributed by atoms with Gasteiger partial charge in [0.1, 0.15) is 0 Å². The lowest BCUT2D eigenvalue weighted by molar-refractivity contribution is 0.0862. The minimum absolute atomic E-state index is 0.385. The molecule has 0 radical (unpaired) electrons. The van der Waals surface area contributed by atoms with E-state index in [1.807, 2.05) is 0 Å². The monoisotopic (exact) mass is 412 g/mol. The number of hydrogen-bond acceptors (Lipinski definition) is 2. The predicted molar refractivity (Wildman–Crippen MR) is 127 cm³/mol. The molecule has 0 saturated heterocycles. The molecule has 0 aromatic rings. The second-order valence-electron chi connectivity index (χ2n) is 11.0. The van der Waals surface area contributed by atoms with E-state index < -0.39 is 12.2 Å². The van der Waals surface area contributed by atoms with Crippen LogP contribution in [0.4, 0.5) is 0 Å². The van der Waals surface area contributed by atoms with Gasteiger partial charge in [-0.05, 0) is 84.7 Å². The quantitative estimate of drug-likeness (QED) is 0.499. The largest absolute Gasteiger partial charge is 0.393 e. The molecule has 30 heavy (non-hydrogen) atoms. The summed E-state index contributed by atoms with van der Waals surface area (Å²) in [6.07, 6.45) is 15.8. The van der Waals surface area contributed by atoms with E-state index in [1.165, 1.54) is 32.1 Å². The number of fused-ring (bicyclic) bond motifs is 1. The fourth-order valence-corrected chi connectivity index (χ4v) is 6.32. The van der Waals surface area contributed by atoms with Crippen molar-refractivity contribution in [3.63, 3.8) is 0 Å². The molecule has 3 rings (SSSR count). The van der Waals surface area contributed by atoms with Gasteiger partial charge in [0.25, 0.3) is 0 Å². The average Bonchev–Trinajstić information content (AvgIpc) is 3.04. The van der Waals surface area contributed by atoms with E-state index in [2.05, 4.69) is 65.5 Å². The number of hydrogen-bond donors (Lipinski definition) is 2. The van der Waals surface area contributed by atoms with Crippen molar-refractivity contribution in [1.29, 1.82) is 0 Å². The van der Waals surface area contributed by atoms with Crippen LogP contribution in [0.5, 0.6) is 0 Å². The van der Waals surface area contributed by atoms with E-state index in [4.69, 9.17) is 0 Å². The van der Waals surface area contributed by atoms with Crippen molar-refractivity contribution in [3.05, 3.63) is 47.6 Å². The van der Waals surface area contributed by atoms with Crippen molar-refractivity contribution in [2.24, 2.45) is 35.0 Å². The van der Waals surface area contributed by atoms with Crippen molar-refractivity contribution < 1.29 is 10.2 Å². The summed E-state index contributed by atoms with van der Waals surface area (Å²) in [5.74, 6) is 3.38. The highest BCUT2D eigenvalue weighted by atomic mass is 16.3. The Morgan fingerprint density at radius 2 is 1.80 bits per heavy atom. The van der Waals surface area contributed by atoms with Crippen LogP contribution in [0, 0.1) is 35.0 Å². The predicted octanol–water partition coefficient (Wildman–Crippen LogP) is 6.61. The topological polar surface area (TPSA) is 40.5 Å². The minimum atomic E-state index is -0.605. The van der Waals surface area contributed by atoms with Gasteiger partial charge in [-0.1, -0.05) is 71.1 Å². The lowest BCUT2D eigenvalue weighted by Gasteiger charge is -2.44. The van der Waals surface area contributed by atoms with Crippen molar-refractivity contribution in [2.75, 3.05) is 0 Å². The first-order chi connectivity index (χ1) is 14.1. The van der Waals surface area contributed by atoms with Gasteiger partial charge in [0.15, 0.2) is 0 Å². The van der Waals surface area contributed by atoms with Crippen LogP contribution in [0.15, 0.2) is 47.6 Å². The maximum atomic E-state index is 10.1. The van der Waals surface area contributed by atoms with E-state index in [0.29, 0.717) is 41.9 Å². The zero-order valence-corrected chi connectivity index (χ0v) is 19.9. The van der Waals surface area contributed by atoms with Crippen molar-refractivity contribution in [3.8, 4) is 0 Å². The second-order valence-corrected chi connectivity index (χ2v) is 11.0. The molecule has 2 nitrogen and oxygen atoms in total. The van der Waals surface area contributed by atoms with Crippen molar-refractivity contribution in [1.82, 2.24) is 0 Å². The first kappa shape index (κ1) is 23.5. The molecule has 168 valence electrons. The standard InChI is InChI=1S/C28H44O2/c1-18(2)19(3)9-10-20(4)25-13-14-26-22(8-7-15-28(25,26)6)11-12-23-16-24(29)17-27(30)21(23)5/h9-12,18-20,24-27,29-30H,5,7-8,13-17H2,1-4,6H3/b10-9+,22-11+,23-12-/t19?,20?,24-,25-,26+,27+,28-/m1/s1. The molecular weight excluding hydrogens is 368 g/mol. The fourth-order valence-electron chi connectivity index (χ4n) is 6.32. The van der Waals surface area contributed by atoms with Crippen LogP contribution in [0.1, 0.15) is 79.6 Å². The van der Waals surface area contributed by atoms with Crippen LogP contribution in [-0.4, -0.2) is 22.4 Å². The molecule has 0 heterocycles. The molecule has 0 bridgehead atoms. The summed E-state index contributed by atoms with van der Waals surface area (Å²) in [7, 11) is 0. The third-order valence-corrected chi connectivity index (χ3v) is 8.71. The summed E-state index contributed by atoms with van der Waals surface area (Å²) in [6, 6.07) is 0. The molecule has 3 saturated carbocycles.